The Morgan fingerprint density at radius 2 is 2.00 bits per heavy atom. The summed E-state index contributed by atoms with van der Waals surface area (Å²) < 4.78 is 7.78. The van der Waals surface area contributed by atoms with E-state index in [1.54, 1.807) is 6.20 Å². The number of aryl methyl sites for hydroxylation is 2. The number of hydrogen-bond donors (Lipinski definition) is 2. The predicted octanol–water partition coefficient (Wildman–Crippen LogP) is 3.38. The van der Waals surface area contributed by atoms with Crippen LogP contribution in [0.15, 0.2) is 45.9 Å². The summed E-state index contributed by atoms with van der Waals surface area (Å²) in [6.45, 7) is 9.52. The number of nitrogens with one attached hydrogen (secondary N) is 2. The molecule has 0 aliphatic carbocycles. The molecule has 2 N–H and O–H groups in total. The van der Waals surface area contributed by atoms with Crippen LogP contribution in [0.3, 0.4) is 0 Å². The number of guanidine groups is 1. The van der Waals surface area contributed by atoms with E-state index in [0.717, 1.165) is 35.9 Å². The molecule has 2 aromatic heterocycles. The zero-order valence-corrected chi connectivity index (χ0v) is 17.9. The van der Waals surface area contributed by atoms with Gasteiger partial charge >= 0.3 is 0 Å². The Kier molecular flexibility index (Phi) is 6.69. The minimum Gasteiger partial charge on any atom is -0.439 e. The van der Waals surface area contributed by atoms with Gasteiger partial charge in [0.1, 0.15) is 6.54 Å². The van der Waals surface area contributed by atoms with Crippen LogP contribution in [0, 0.1) is 13.8 Å². The van der Waals surface area contributed by atoms with E-state index in [1.807, 2.05) is 42.1 Å². The van der Waals surface area contributed by atoms with Gasteiger partial charge in [-0.05, 0) is 39.7 Å². The fourth-order valence-corrected chi connectivity index (χ4v) is 3.29. The van der Waals surface area contributed by atoms with Gasteiger partial charge in [0.2, 0.25) is 5.89 Å². The normalized spacial score (nSPS) is 12.8. The SMILES string of the molecule is CCNC(=NCc1ncc(-c2ccccc2)o1)NC(C)Cc1c(C)nn(C)c1C. The van der Waals surface area contributed by atoms with Crippen molar-refractivity contribution in [1.29, 1.82) is 0 Å². The van der Waals surface area contributed by atoms with E-state index in [4.69, 9.17) is 4.42 Å². The number of hydrogen-bond acceptors (Lipinski definition) is 4. The van der Waals surface area contributed by atoms with E-state index >= 15 is 0 Å². The van der Waals surface area contributed by atoms with Crippen LogP contribution in [-0.4, -0.2) is 33.3 Å². The highest BCUT2D eigenvalue weighted by atomic mass is 16.4. The molecule has 0 aliphatic rings. The van der Waals surface area contributed by atoms with Crippen LogP contribution < -0.4 is 10.6 Å². The second-order valence-corrected chi connectivity index (χ2v) is 7.20. The number of aromatic nitrogens is 3. The largest absolute Gasteiger partial charge is 0.439 e. The van der Waals surface area contributed by atoms with Gasteiger partial charge in [-0.25, -0.2) is 9.98 Å². The van der Waals surface area contributed by atoms with Gasteiger partial charge in [0.05, 0.1) is 11.9 Å². The molecule has 1 aromatic carbocycles. The highest BCUT2D eigenvalue weighted by Gasteiger charge is 2.14. The highest BCUT2D eigenvalue weighted by Crippen LogP contribution is 2.20. The quantitative estimate of drug-likeness (QED) is 0.474. The molecule has 0 bridgehead atoms. The van der Waals surface area contributed by atoms with Gasteiger partial charge in [-0.3, -0.25) is 4.68 Å². The Balaban J connectivity index is 1.64. The van der Waals surface area contributed by atoms with Gasteiger partial charge in [-0.2, -0.15) is 5.10 Å². The Labute approximate surface area is 172 Å². The molecule has 7 nitrogen and oxygen atoms in total. The highest BCUT2D eigenvalue weighted by molar-refractivity contribution is 5.80. The molecule has 7 heteroatoms. The van der Waals surface area contributed by atoms with Crippen molar-refractivity contribution in [2.75, 3.05) is 6.54 Å². The first-order valence-electron chi connectivity index (χ1n) is 10.0. The average molecular weight is 395 g/mol. The molecule has 1 atom stereocenters. The van der Waals surface area contributed by atoms with Gasteiger partial charge in [0.25, 0.3) is 0 Å². The molecule has 0 radical (unpaired) electrons. The Hall–Kier alpha value is -3.09. The average Bonchev–Trinajstić information content (AvgIpc) is 3.27. The molecule has 154 valence electrons. The molecule has 2 heterocycles. The van der Waals surface area contributed by atoms with E-state index in [9.17, 15) is 0 Å². The predicted molar refractivity (Wildman–Crippen MR) is 116 cm³/mol. The Morgan fingerprint density at radius 3 is 2.66 bits per heavy atom. The number of rotatable bonds is 7. The first-order valence-corrected chi connectivity index (χ1v) is 10.0. The molecule has 0 saturated carbocycles. The molecule has 0 aliphatic heterocycles. The maximum absolute atomic E-state index is 5.85. The van der Waals surface area contributed by atoms with E-state index < -0.39 is 0 Å². The van der Waals surface area contributed by atoms with Crippen LogP contribution in [0.4, 0.5) is 0 Å². The Bertz CT molecular complexity index is 957. The monoisotopic (exact) mass is 394 g/mol. The molecule has 0 spiro atoms. The summed E-state index contributed by atoms with van der Waals surface area (Å²) in [4.78, 5) is 9.00. The minimum atomic E-state index is 0.207. The van der Waals surface area contributed by atoms with Crippen molar-refractivity contribution in [3.63, 3.8) is 0 Å². The lowest BCUT2D eigenvalue weighted by atomic mass is 10.1. The van der Waals surface area contributed by atoms with Crippen LogP contribution in [0.5, 0.6) is 0 Å². The zero-order valence-electron chi connectivity index (χ0n) is 17.9. The van der Waals surface area contributed by atoms with Crippen molar-refractivity contribution in [2.24, 2.45) is 12.0 Å². The third kappa shape index (κ3) is 5.25. The fraction of sp³-hybridized carbons (Fsp3) is 0.409. The van der Waals surface area contributed by atoms with Crippen LogP contribution in [0.1, 0.15) is 36.7 Å². The smallest absolute Gasteiger partial charge is 0.216 e. The number of nitrogens with zero attached hydrogens (tertiary/aromatic N) is 4. The molecule has 0 fully saturated rings. The maximum atomic E-state index is 5.85. The van der Waals surface area contributed by atoms with E-state index in [1.165, 1.54) is 11.3 Å². The van der Waals surface area contributed by atoms with Gasteiger partial charge < -0.3 is 15.1 Å². The minimum absolute atomic E-state index is 0.207. The van der Waals surface area contributed by atoms with Crippen molar-refractivity contribution < 1.29 is 4.42 Å². The molecule has 3 rings (SSSR count). The molecule has 1 unspecified atom stereocenters. The maximum Gasteiger partial charge on any atom is 0.216 e. The van der Waals surface area contributed by atoms with Gasteiger partial charge in [-0.1, -0.05) is 30.3 Å². The van der Waals surface area contributed by atoms with E-state index in [0.29, 0.717) is 12.4 Å². The molecule has 0 saturated heterocycles. The number of aliphatic imine (C=N–C) groups is 1. The van der Waals surface area contributed by atoms with Crippen molar-refractivity contribution in [3.05, 3.63) is 59.4 Å². The van der Waals surface area contributed by atoms with Crippen LogP contribution in [0.2, 0.25) is 0 Å². The second-order valence-electron chi connectivity index (χ2n) is 7.20. The summed E-state index contributed by atoms with van der Waals surface area (Å²) >= 11 is 0. The van der Waals surface area contributed by atoms with Crippen molar-refractivity contribution >= 4 is 5.96 Å². The summed E-state index contributed by atoms with van der Waals surface area (Å²) in [5.41, 5.74) is 4.57. The molecule has 3 aromatic rings. The summed E-state index contributed by atoms with van der Waals surface area (Å²) in [7, 11) is 1.98. The lowest BCUT2D eigenvalue weighted by molar-refractivity contribution is 0.508. The molecular formula is C22H30N6O. The Morgan fingerprint density at radius 1 is 1.24 bits per heavy atom. The van der Waals surface area contributed by atoms with Gasteiger partial charge in [-0.15, -0.1) is 0 Å². The summed E-state index contributed by atoms with van der Waals surface area (Å²) in [5.74, 6) is 2.09. The van der Waals surface area contributed by atoms with Crippen molar-refractivity contribution in [3.8, 4) is 11.3 Å². The zero-order chi connectivity index (χ0) is 20.8. The van der Waals surface area contributed by atoms with E-state index in [-0.39, 0.29) is 6.04 Å². The summed E-state index contributed by atoms with van der Waals surface area (Å²) in [6, 6.07) is 10.2. The number of oxazole rings is 1. The summed E-state index contributed by atoms with van der Waals surface area (Å²) in [5, 5.41) is 11.3. The van der Waals surface area contributed by atoms with Crippen LogP contribution in [-0.2, 0) is 20.0 Å². The fourth-order valence-electron chi connectivity index (χ4n) is 3.29. The molecule has 0 amide bonds. The standard InChI is InChI=1S/C22H30N6O/c1-6-23-22(26-15(2)12-19-16(3)27-28(5)17(19)4)25-14-21-24-13-20(29-21)18-10-8-7-9-11-18/h7-11,13,15H,6,12,14H2,1-5H3,(H2,23,25,26). The van der Waals surface area contributed by atoms with Crippen LogP contribution in [0.25, 0.3) is 11.3 Å². The van der Waals surface area contributed by atoms with Crippen LogP contribution >= 0.6 is 0 Å². The third-order valence-corrected chi connectivity index (χ3v) is 4.88. The van der Waals surface area contributed by atoms with Gasteiger partial charge in [0.15, 0.2) is 11.7 Å². The lowest BCUT2D eigenvalue weighted by Gasteiger charge is -2.18. The third-order valence-electron chi connectivity index (χ3n) is 4.88. The number of benzene rings is 1. The molecule has 29 heavy (non-hydrogen) atoms. The lowest BCUT2D eigenvalue weighted by Crippen LogP contribution is -2.43. The summed E-state index contributed by atoms with van der Waals surface area (Å²) in [6.07, 6.45) is 2.63. The first kappa shape index (κ1) is 20.6. The van der Waals surface area contributed by atoms with Crippen molar-refractivity contribution in [1.82, 2.24) is 25.4 Å². The van der Waals surface area contributed by atoms with E-state index in [2.05, 4.69) is 53.4 Å². The molecular weight excluding hydrogens is 364 g/mol. The second kappa shape index (κ2) is 9.41. The first-order chi connectivity index (χ1) is 14.0. The van der Waals surface area contributed by atoms with Gasteiger partial charge in [0, 0.05) is 30.9 Å². The topological polar surface area (TPSA) is 80.3 Å². The van der Waals surface area contributed by atoms with Crippen molar-refractivity contribution in [2.45, 2.75) is 46.7 Å².